The molecule has 1 amide bonds. The lowest BCUT2D eigenvalue weighted by Gasteiger charge is -2.22. The SMILES string of the molecule is CCC(CC)C(C)NC(=O)c1cc(O)ccc1N. The second-order valence-electron chi connectivity index (χ2n) is 4.61. The monoisotopic (exact) mass is 250 g/mol. The lowest BCUT2D eigenvalue weighted by molar-refractivity contribution is 0.0925. The number of nitrogens with two attached hydrogens (primary N) is 1. The van der Waals surface area contributed by atoms with Crippen molar-refractivity contribution in [2.75, 3.05) is 5.73 Å². The molecule has 1 aromatic rings. The van der Waals surface area contributed by atoms with Crippen LogP contribution in [0.5, 0.6) is 5.75 Å². The first-order valence-corrected chi connectivity index (χ1v) is 6.38. The van der Waals surface area contributed by atoms with Crippen molar-refractivity contribution in [1.29, 1.82) is 0 Å². The van der Waals surface area contributed by atoms with Gasteiger partial charge in [-0.15, -0.1) is 0 Å². The van der Waals surface area contributed by atoms with Gasteiger partial charge in [-0.2, -0.15) is 0 Å². The van der Waals surface area contributed by atoms with E-state index in [0.29, 0.717) is 17.2 Å². The number of rotatable bonds is 5. The van der Waals surface area contributed by atoms with E-state index < -0.39 is 0 Å². The third kappa shape index (κ3) is 3.39. The summed E-state index contributed by atoms with van der Waals surface area (Å²) in [5.74, 6) is 0.264. The van der Waals surface area contributed by atoms with Crippen LogP contribution in [0.3, 0.4) is 0 Å². The number of phenols is 1. The molecule has 0 saturated carbocycles. The predicted molar refractivity (Wildman–Crippen MR) is 73.5 cm³/mol. The Morgan fingerprint density at radius 1 is 1.39 bits per heavy atom. The molecule has 0 aliphatic heterocycles. The zero-order chi connectivity index (χ0) is 13.7. The average Bonchev–Trinajstić information content (AvgIpc) is 2.33. The molecule has 0 heterocycles. The Morgan fingerprint density at radius 2 is 2.00 bits per heavy atom. The topological polar surface area (TPSA) is 75.3 Å². The molecule has 0 aliphatic carbocycles. The molecule has 0 fully saturated rings. The molecule has 4 heteroatoms. The van der Waals surface area contributed by atoms with Gasteiger partial charge in [0.25, 0.3) is 5.91 Å². The minimum atomic E-state index is -0.234. The summed E-state index contributed by atoms with van der Waals surface area (Å²) >= 11 is 0. The number of anilines is 1. The molecule has 0 saturated heterocycles. The Labute approximate surface area is 108 Å². The molecular weight excluding hydrogens is 228 g/mol. The first-order valence-electron chi connectivity index (χ1n) is 6.38. The maximum absolute atomic E-state index is 12.1. The number of nitrogen functional groups attached to an aromatic ring is 1. The zero-order valence-corrected chi connectivity index (χ0v) is 11.2. The normalized spacial score (nSPS) is 12.4. The van der Waals surface area contributed by atoms with Gasteiger partial charge in [0.05, 0.1) is 5.56 Å². The molecule has 0 aliphatic rings. The minimum Gasteiger partial charge on any atom is -0.508 e. The van der Waals surface area contributed by atoms with Crippen LogP contribution in [0.15, 0.2) is 18.2 Å². The standard InChI is InChI=1S/C14H22N2O2/c1-4-10(5-2)9(3)16-14(18)12-8-11(17)6-7-13(12)15/h6-10,17H,4-5,15H2,1-3H3,(H,16,18). The highest BCUT2D eigenvalue weighted by atomic mass is 16.3. The summed E-state index contributed by atoms with van der Waals surface area (Å²) in [7, 11) is 0. The molecule has 100 valence electrons. The van der Waals surface area contributed by atoms with E-state index in [0.717, 1.165) is 12.8 Å². The lowest BCUT2D eigenvalue weighted by atomic mass is 9.95. The summed E-state index contributed by atoms with van der Waals surface area (Å²) < 4.78 is 0. The van der Waals surface area contributed by atoms with Gasteiger partial charge >= 0.3 is 0 Å². The molecular formula is C14H22N2O2. The number of hydrogen-bond donors (Lipinski definition) is 3. The van der Waals surface area contributed by atoms with Crippen LogP contribution >= 0.6 is 0 Å². The number of benzene rings is 1. The molecule has 0 spiro atoms. The van der Waals surface area contributed by atoms with Crippen LogP contribution in [0.4, 0.5) is 5.69 Å². The predicted octanol–water partition coefficient (Wildman–Crippen LogP) is 2.53. The van der Waals surface area contributed by atoms with E-state index in [4.69, 9.17) is 5.73 Å². The third-order valence-electron chi connectivity index (χ3n) is 3.40. The highest BCUT2D eigenvalue weighted by Gasteiger charge is 2.18. The Balaban J connectivity index is 2.79. The second kappa shape index (κ2) is 6.28. The van der Waals surface area contributed by atoms with Gasteiger partial charge in [-0.3, -0.25) is 4.79 Å². The second-order valence-corrected chi connectivity index (χ2v) is 4.61. The molecule has 1 aromatic carbocycles. The summed E-state index contributed by atoms with van der Waals surface area (Å²) in [6.07, 6.45) is 2.04. The molecule has 18 heavy (non-hydrogen) atoms. The maximum Gasteiger partial charge on any atom is 0.253 e. The first kappa shape index (κ1) is 14.4. The fourth-order valence-electron chi connectivity index (χ4n) is 2.14. The molecule has 0 bridgehead atoms. The zero-order valence-electron chi connectivity index (χ0n) is 11.2. The van der Waals surface area contributed by atoms with Crippen LogP contribution in [-0.2, 0) is 0 Å². The Hall–Kier alpha value is -1.71. The van der Waals surface area contributed by atoms with Crippen molar-refractivity contribution in [3.8, 4) is 5.75 Å². The largest absolute Gasteiger partial charge is 0.508 e. The number of carbonyl (C=O) groups excluding carboxylic acids is 1. The number of hydrogen-bond acceptors (Lipinski definition) is 3. The van der Waals surface area contributed by atoms with E-state index in [1.807, 2.05) is 6.92 Å². The van der Waals surface area contributed by atoms with Crippen molar-refractivity contribution >= 4 is 11.6 Å². The van der Waals surface area contributed by atoms with E-state index in [-0.39, 0.29) is 17.7 Å². The van der Waals surface area contributed by atoms with Crippen LogP contribution < -0.4 is 11.1 Å². The third-order valence-corrected chi connectivity index (χ3v) is 3.40. The molecule has 4 nitrogen and oxygen atoms in total. The highest BCUT2D eigenvalue weighted by molar-refractivity contribution is 5.99. The fraction of sp³-hybridized carbons (Fsp3) is 0.500. The molecule has 0 aromatic heterocycles. The number of phenolic OH excluding ortho intramolecular Hbond substituents is 1. The van der Waals surface area contributed by atoms with Gasteiger partial charge in [-0.05, 0) is 31.0 Å². The summed E-state index contributed by atoms with van der Waals surface area (Å²) in [5, 5.41) is 12.3. The Morgan fingerprint density at radius 3 is 2.56 bits per heavy atom. The van der Waals surface area contributed by atoms with E-state index in [2.05, 4.69) is 19.2 Å². The van der Waals surface area contributed by atoms with Crippen molar-refractivity contribution in [2.24, 2.45) is 5.92 Å². The van der Waals surface area contributed by atoms with Gasteiger partial charge in [0.2, 0.25) is 0 Å². The van der Waals surface area contributed by atoms with Gasteiger partial charge < -0.3 is 16.2 Å². The molecule has 1 atom stereocenters. The Kier molecular flexibility index (Phi) is 5.01. The van der Waals surface area contributed by atoms with Crippen molar-refractivity contribution in [3.63, 3.8) is 0 Å². The molecule has 1 rings (SSSR count). The number of carbonyl (C=O) groups is 1. The van der Waals surface area contributed by atoms with Crippen molar-refractivity contribution in [1.82, 2.24) is 5.32 Å². The number of aromatic hydroxyl groups is 1. The van der Waals surface area contributed by atoms with Crippen LogP contribution in [0.1, 0.15) is 44.0 Å². The van der Waals surface area contributed by atoms with Crippen LogP contribution in [-0.4, -0.2) is 17.1 Å². The van der Waals surface area contributed by atoms with Crippen molar-refractivity contribution in [2.45, 2.75) is 39.7 Å². The highest BCUT2D eigenvalue weighted by Crippen LogP contribution is 2.19. The van der Waals surface area contributed by atoms with Crippen LogP contribution in [0.25, 0.3) is 0 Å². The quantitative estimate of drug-likeness (QED) is 0.555. The summed E-state index contributed by atoms with van der Waals surface area (Å²) in [6.45, 7) is 6.22. The fourth-order valence-corrected chi connectivity index (χ4v) is 2.14. The number of nitrogens with one attached hydrogen (secondary N) is 1. The summed E-state index contributed by atoms with van der Waals surface area (Å²) in [6, 6.07) is 4.49. The van der Waals surface area contributed by atoms with Crippen LogP contribution in [0, 0.1) is 5.92 Å². The van der Waals surface area contributed by atoms with Gasteiger partial charge in [0.15, 0.2) is 0 Å². The maximum atomic E-state index is 12.1. The number of amides is 1. The Bertz CT molecular complexity index is 414. The average molecular weight is 250 g/mol. The van der Waals surface area contributed by atoms with Crippen molar-refractivity contribution in [3.05, 3.63) is 23.8 Å². The van der Waals surface area contributed by atoms with E-state index in [1.165, 1.54) is 18.2 Å². The molecule has 1 unspecified atom stereocenters. The lowest BCUT2D eigenvalue weighted by Crippen LogP contribution is -2.38. The van der Waals surface area contributed by atoms with E-state index in [1.54, 1.807) is 0 Å². The first-order chi connectivity index (χ1) is 8.49. The van der Waals surface area contributed by atoms with Crippen molar-refractivity contribution < 1.29 is 9.90 Å². The van der Waals surface area contributed by atoms with E-state index in [9.17, 15) is 9.90 Å². The van der Waals surface area contributed by atoms with Crippen LogP contribution in [0.2, 0.25) is 0 Å². The van der Waals surface area contributed by atoms with Gasteiger partial charge in [0, 0.05) is 11.7 Å². The minimum absolute atomic E-state index is 0.0459. The molecule has 4 N–H and O–H groups in total. The van der Waals surface area contributed by atoms with E-state index >= 15 is 0 Å². The van der Waals surface area contributed by atoms with Gasteiger partial charge in [-0.1, -0.05) is 26.7 Å². The smallest absolute Gasteiger partial charge is 0.253 e. The van der Waals surface area contributed by atoms with Gasteiger partial charge in [-0.25, -0.2) is 0 Å². The van der Waals surface area contributed by atoms with Gasteiger partial charge in [0.1, 0.15) is 5.75 Å². The molecule has 0 radical (unpaired) electrons. The summed E-state index contributed by atoms with van der Waals surface area (Å²) in [4.78, 5) is 12.1. The summed E-state index contributed by atoms with van der Waals surface area (Å²) in [5.41, 5.74) is 6.44.